The number of aliphatic hydroxyl groups excluding tert-OH is 1. The zero-order valence-electron chi connectivity index (χ0n) is 12.2. The summed E-state index contributed by atoms with van der Waals surface area (Å²) in [6.45, 7) is 4.32. The van der Waals surface area contributed by atoms with Gasteiger partial charge in [-0.1, -0.05) is 19.3 Å². The summed E-state index contributed by atoms with van der Waals surface area (Å²) in [6, 6.07) is 4.40. The topological polar surface area (TPSA) is 48.6 Å². The Morgan fingerprint density at radius 3 is 2.60 bits per heavy atom. The van der Waals surface area contributed by atoms with Crippen LogP contribution in [0.25, 0.3) is 0 Å². The van der Waals surface area contributed by atoms with Gasteiger partial charge in [0.15, 0.2) is 0 Å². The highest BCUT2D eigenvalue weighted by Crippen LogP contribution is 2.39. The molecule has 1 aliphatic carbocycles. The maximum absolute atomic E-state index is 9.24. The van der Waals surface area contributed by atoms with E-state index in [1.807, 2.05) is 6.07 Å². The van der Waals surface area contributed by atoms with Gasteiger partial charge in [-0.05, 0) is 30.9 Å². The molecule has 1 aromatic rings. The van der Waals surface area contributed by atoms with Crippen molar-refractivity contribution in [2.45, 2.75) is 44.8 Å². The first-order valence-electron chi connectivity index (χ1n) is 8.02. The summed E-state index contributed by atoms with van der Waals surface area (Å²) in [4.78, 5) is 2.58. The molecule has 1 atom stereocenters. The highest BCUT2D eigenvalue weighted by Gasteiger charge is 2.32. The van der Waals surface area contributed by atoms with E-state index in [1.54, 1.807) is 0 Å². The van der Waals surface area contributed by atoms with Crippen molar-refractivity contribution in [3.05, 3.63) is 23.7 Å². The van der Waals surface area contributed by atoms with Crippen LogP contribution < -0.4 is 5.32 Å². The van der Waals surface area contributed by atoms with E-state index in [0.29, 0.717) is 17.7 Å². The number of hydrogen-bond acceptors (Lipinski definition) is 4. The second-order valence-electron chi connectivity index (χ2n) is 6.09. The van der Waals surface area contributed by atoms with Gasteiger partial charge in [0.2, 0.25) is 0 Å². The van der Waals surface area contributed by atoms with Crippen LogP contribution >= 0.6 is 0 Å². The third-order valence-electron chi connectivity index (χ3n) is 4.77. The number of aliphatic hydroxyl groups is 1. The third-order valence-corrected chi connectivity index (χ3v) is 4.77. The molecule has 20 heavy (non-hydrogen) atoms. The van der Waals surface area contributed by atoms with Gasteiger partial charge in [0.1, 0.15) is 18.1 Å². The van der Waals surface area contributed by atoms with Crippen molar-refractivity contribution in [2.75, 3.05) is 26.2 Å². The smallest absolute Gasteiger partial charge is 0.129 e. The largest absolute Gasteiger partial charge is 0.462 e. The average molecular weight is 278 g/mol. The van der Waals surface area contributed by atoms with Crippen molar-refractivity contribution in [1.82, 2.24) is 10.2 Å². The molecule has 1 aliphatic heterocycles. The fourth-order valence-corrected chi connectivity index (χ4v) is 3.76. The highest BCUT2D eigenvalue weighted by atomic mass is 16.4. The third kappa shape index (κ3) is 3.08. The standard InChI is InChI=1S/C16H26N2O2/c19-12-14-6-7-15(20-14)16(13-4-2-1-3-5-13)18-10-8-17-9-11-18/h6-7,13,16-17,19H,1-5,8-12H2/t16-/m1/s1. The Labute approximate surface area is 121 Å². The number of piperazine rings is 1. The maximum atomic E-state index is 9.24. The Balaban J connectivity index is 1.81. The molecule has 3 rings (SSSR count). The molecule has 4 nitrogen and oxygen atoms in total. The average Bonchev–Trinajstić information content (AvgIpc) is 2.98. The van der Waals surface area contributed by atoms with E-state index in [2.05, 4.69) is 16.3 Å². The first-order valence-corrected chi connectivity index (χ1v) is 8.02. The number of nitrogens with zero attached hydrogens (tertiary/aromatic N) is 1. The zero-order chi connectivity index (χ0) is 13.8. The SMILES string of the molecule is OCc1ccc([C@@H](C2CCCCC2)N2CCNCC2)o1. The van der Waals surface area contributed by atoms with Gasteiger partial charge in [0.05, 0.1) is 6.04 Å². The van der Waals surface area contributed by atoms with Crippen LogP contribution in [0.15, 0.2) is 16.5 Å². The lowest BCUT2D eigenvalue weighted by Crippen LogP contribution is -2.47. The summed E-state index contributed by atoms with van der Waals surface area (Å²) in [5, 5.41) is 12.7. The molecule has 0 bridgehead atoms. The Morgan fingerprint density at radius 1 is 1.20 bits per heavy atom. The summed E-state index contributed by atoms with van der Waals surface area (Å²) >= 11 is 0. The van der Waals surface area contributed by atoms with Crippen molar-refractivity contribution < 1.29 is 9.52 Å². The van der Waals surface area contributed by atoms with E-state index in [1.165, 1.54) is 32.1 Å². The van der Waals surface area contributed by atoms with E-state index in [4.69, 9.17) is 4.42 Å². The molecule has 1 saturated carbocycles. The van der Waals surface area contributed by atoms with Gasteiger partial charge < -0.3 is 14.8 Å². The molecule has 2 fully saturated rings. The van der Waals surface area contributed by atoms with Gasteiger partial charge in [-0.3, -0.25) is 4.90 Å². The fourth-order valence-electron chi connectivity index (χ4n) is 3.76. The summed E-state index contributed by atoms with van der Waals surface area (Å²) in [7, 11) is 0. The zero-order valence-corrected chi connectivity index (χ0v) is 12.2. The number of rotatable bonds is 4. The molecule has 2 heterocycles. The van der Waals surface area contributed by atoms with Crippen LogP contribution in [0, 0.1) is 5.92 Å². The Kier molecular flexibility index (Phi) is 4.76. The summed E-state index contributed by atoms with van der Waals surface area (Å²) in [5.74, 6) is 2.46. The van der Waals surface area contributed by atoms with Gasteiger partial charge in [-0.25, -0.2) is 0 Å². The molecule has 0 aromatic carbocycles. The molecule has 4 heteroatoms. The van der Waals surface area contributed by atoms with E-state index >= 15 is 0 Å². The molecular weight excluding hydrogens is 252 g/mol. The lowest BCUT2D eigenvalue weighted by molar-refractivity contribution is 0.0843. The normalized spacial score (nSPS) is 23.9. The monoisotopic (exact) mass is 278 g/mol. The van der Waals surface area contributed by atoms with Gasteiger partial charge in [-0.15, -0.1) is 0 Å². The molecule has 0 unspecified atom stereocenters. The number of hydrogen-bond donors (Lipinski definition) is 2. The second kappa shape index (κ2) is 6.74. The maximum Gasteiger partial charge on any atom is 0.129 e. The minimum atomic E-state index is -0.00105. The Bertz CT molecular complexity index is 388. The molecule has 2 aliphatic rings. The van der Waals surface area contributed by atoms with Crippen molar-refractivity contribution in [3.8, 4) is 0 Å². The number of furan rings is 1. The van der Waals surface area contributed by atoms with E-state index in [-0.39, 0.29) is 6.61 Å². The van der Waals surface area contributed by atoms with Gasteiger partial charge in [0, 0.05) is 26.2 Å². The highest BCUT2D eigenvalue weighted by molar-refractivity contribution is 5.12. The van der Waals surface area contributed by atoms with Crippen LogP contribution in [0.5, 0.6) is 0 Å². The summed E-state index contributed by atoms with van der Waals surface area (Å²) in [5.41, 5.74) is 0. The molecular formula is C16H26N2O2. The van der Waals surface area contributed by atoms with Crippen LogP contribution in [0.4, 0.5) is 0 Å². The lowest BCUT2D eigenvalue weighted by atomic mass is 9.82. The minimum Gasteiger partial charge on any atom is -0.462 e. The Hall–Kier alpha value is -0.840. The van der Waals surface area contributed by atoms with Gasteiger partial charge >= 0.3 is 0 Å². The molecule has 112 valence electrons. The molecule has 2 N–H and O–H groups in total. The van der Waals surface area contributed by atoms with Crippen LogP contribution in [0.3, 0.4) is 0 Å². The number of nitrogens with one attached hydrogen (secondary N) is 1. The summed E-state index contributed by atoms with van der Waals surface area (Å²) in [6.07, 6.45) is 6.69. The molecule has 0 amide bonds. The van der Waals surface area contributed by atoms with Gasteiger partial charge in [-0.2, -0.15) is 0 Å². The second-order valence-corrected chi connectivity index (χ2v) is 6.09. The molecule has 0 spiro atoms. The first kappa shape index (κ1) is 14.1. The van der Waals surface area contributed by atoms with E-state index in [9.17, 15) is 5.11 Å². The van der Waals surface area contributed by atoms with Crippen molar-refractivity contribution >= 4 is 0 Å². The van der Waals surface area contributed by atoms with E-state index < -0.39 is 0 Å². The predicted molar refractivity (Wildman–Crippen MR) is 78.4 cm³/mol. The van der Waals surface area contributed by atoms with Crippen molar-refractivity contribution in [3.63, 3.8) is 0 Å². The van der Waals surface area contributed by atoms with E-state index in [0.717, 1.165) is 31.9 Å². The lowest BCUT2D eigenvalue weighted by Gasteiger charge is -2.39. The van der Waals surface area contributed by atoms with Crippen LogP contribution in [0.2, 0.25) is 0 Å². The molecule has 1 saturated heterocycles. The van der Waals surface area contributed by atoms with Crippen molar-refractivity contribution in [1.29, 1.82) is 0 Å². The van der Waals surface area contributed by atoms with Crippen LogP contribution in [-0.4, -0.2) is 36.2 Å². The van der Waals surface area contributed by atoms with Gasteiger partial charge in [0.25, 0.3) is 0 Å². The van der Waals surface area contributed by atoms with Crippen LogP contribution in [0.1, 0.15) is 49.7 Å². The first-order chi connectivity index (χ1) is 9.88. The minimum absolute atomic E-state index is 0.00105. The quantitative estimate of drug-likeness (QED) is 0.887. The summed E-state index contributed by atoms with van der Waals surface area (Å²) < 4.78 is 5.89. The predicted octanol–water partition coefficient (Wildman–Crippen LogP) is 2.30. The van der Waals surface area contributed by atoms with Crippen LogP contribution in [-0.2, 0) is 6.61 Å². The fraction of sp³-hybridized carbons (Fsp3) is 0.750. The van der Waals surface area contributed by atoms with Crippen molar-refractivity contribution in [2.24, 2.45) is 5.92 Å². The Morgan fingerprint density at radius 2 is 1.95 bits per heavy atom. The molecule has 1 aromatic heterocycles. The molecule has 0 radical (unpaired) electrons.